The molecule has 0 radical (unpaired) electrons. The first-order valence-corrected chi connectivity index (χ1v) is 15.3. The summed E-state index contributed by atoms with van der Waals surface area (Å²) in [4.78, 5) is 26.0. The van der Waals surface area contributed by atoms with Crippen molar-refractivity contribution in [2.45, 2.75) is 142 Å². The standard InChI is InChI=1S/C29H52N4O4/c1-5-23(24-10-8-7-9-11-24)18-22(4)29(34)37-20-32(6-2)27-16-17-28(21(3)19-27)31-30-25-12-14-26(15-13-25)33(35)36/h21-28H,5-20H2,1-4H3. The molecule has 8 heteroatoms. The number of hydrogen-bond donors (Lipinski definition) is 0. The molecule has 0 aromatic heterocycles. The molecule has 0 aromatic carbocycles. The number of ether oxygens (including phenoxy) is 1. The molecule has 0 amide bonds. The van der Waals surface area contributed by atoms with Crippen LogP contribution in [0, 0.1) is 33.8 Å². The highest BCUT2D eigenvalue weighted by Crippen LogP contribution is 2.36. The van der Waals surface area contributed by atoms with Gasteiger partial charge in [-0.05, 0) is 62.8 Å². The molecule has 0 bridgehead atoms. The van der Waals surface area contributed by atoms with Gasteiger partial charge >= 0.3 is 5.97 Å². The number of hydrogen-bond acceptors (Lipinski definition) is 7. The minimum absolute atomic E-state index is 0.0407. The Morgan fingerprint density at radius 2 is 1.73 bits per heavy atom. The van der Waals surface area contributed by atoms with Gasteiger partial charge in [0.25, 0.3) is 0 Å². The van der Waals surface area contributed by atoms with Crippen LogP contribution < -0.4 is 0 Å². The van der Waals surface area contributed by atoms with Crippen molar-refractivity contribution in [1.29, 1.82) is 0 Å². The van der Waals surface area contributed by atoms with E-state index in [0.29, 0.717) is 37.5 Å². The zero-order valence-corrected chi connectivity index (χ0v) is 23.9. The first-order chi connectivity index (χ1) is 17.8. The van der Waals surface area contributed by atoms with Crippen LogP contribution >= 0.6 is 0 Å². The van der Waals surface area contributed by atoms with Gasteiger partial charge in [-0.2, -0.15) is 10.2 Å². The molecule has 3 aliphatic rings. The van der Waals surface area contributed by atoms with E-state index < -0.39 is 6.04 Å². The van der Waals surface area contributed by atoms with Crippen molar-refractivity contribution in [3.8, 4) is 0 Å². The Bertz CT molecular complexity index is 733. The van der Waals surface area contributed by atoms with Gasteiger partial charge in [-0.1, -0.05) is 66.2 Å². The van der Waals surface area contributed by atoms with Crippen molar-refractivity contribution in [2.24, 2.45) is 33.9 Å². The largest absolute Gasteiger partial charge is 0.449 e. The number of carbonyl (C=O) groups is 1. The molecule has 212 valence electrons. The number of azo groups is 1. The molecule has 5 unspecified atom stereocenters. The van der Waals surface area contributed by atoms with Crippen LogP contribution in [0.25, 0.3) is 0 Å². The molecule has 0 spiro atoms. The highest BCUT2D eigenvalue weighted by atomic mass is 16.6. The summed E-state index contributed by atoms with van der Waals surface area (Å²) in [7, 11) is 0. The molecule has 3 saturated carbocycles. The lowest BCUT2D eigenvalue weighted by Crippen LogP contribution is -2.43. The SMILES string of the molecule is CCC(CC(C)C(=O)OCN(CC)C1CCC(N=NC2CCC([N+](=O)[O-])CC2)C(C)C1)C1CCCCC1. The van der Waals surface area contributed by atoms with E-state index in [1.807, 2.05) is 6.92 Å². The predicted molar refractivity (Wildman–Crippen MR) is 146 cm³/mol. The van der Waals surface area contributed by atoms with Gasteiger partial charge in [-0.25, -0.2) is 0 Å². The Morgan fingerprint density at radius 3 is 2.32 bits per heavy atom. The maximum Gasteiger partial charge on any atom is 0.309 e. The number of nitro groups is 1. The van der Waals surface area contributed by atoms with Gasteiger partial charge in [0.1, 0.15) is 6.73 Å². The summed E-state index contributed by atoms with van der Waals surface area (Å²) < 4.78 is 5.85. The highest BCUT2D eigenvalue weighted by molar-refractivity contribution is 5.71. The van der Waals surface area contributed by atoms with Crippen molar-refractivity contribution in [3.63, 3.8) is 0 Å². The number of rotatable bonds is 12. The average molecular weight is 521 g/mol. The number of esters is 1. The predicted octanol–water partition coefficient (Wildman–Crippen LogP) is 7.04. The molecule has 8 nitrogen and oxygen atoms in total. The molecule has 0 N–H and O–H groups in total. The van der Waals surface area contributed by atoms with Crippen LogP contribution in [0.5, 0.6) is 0 Å². The number of nitrogens with zero attached hydrogens (tertiary/aromatic N) is 4. The molecule has 37 heavy (non-hydrogen) atoms. The van der Waals surface area contributed by atoms with Crippen molar-refractivity contribution >= 4 is 5.97 Å². The average Bonchev–Trinajstić information content (AvgIpc) is 2.92. The Morgan fingerprint density at radius 1 is 1.03 bits per heavy atom. The summed E-state index contributed by atoms with van der Waals surface area (Å²) in [6.07, 6.45) is 14.6. The zero-order chi connectivity index (χ0) is 26.8. The summed E-state index contributed by atoms with van der Waals surface area (Å²) in [6, 6.07) is 0.357. The molecule has 5 atom stereocenters. The van der Waals surface area contributed by atoms with Crippen LogP contribution in [0.1, 0.15) is 118 Å². The monoisotopic (exact) mass is 520 g/mol. The quantitative estimate of drug-likeness (QED) is 0.0903. The zero-order valence-electron chi connectivity index (χ0n) is 23.9. The third kappa shape index (κ3) is 9.00. The van der Waals surface area contributed by atoms with Crippen LogP contribution in [0.4, 0.5) is 0 Å². The molecular formula is C29H52N4O4. The van der Waals surface area contributed by atoms with Crippen molar-refractivity contribution in [3.05, 3.63) is 10.1 Å². The van der Waals surface area contributed by atoms with Crippen molar-refractivity contribution in [2.75, 3.05) is 13.3 Å². The molecule has 0 aromatic rings. The van der Waals surface area contributed by atoms with Gasteiger partial charge in [-0.15, -0.1) is 0 Å². The maximum atomic E-state index is 12.9. The van der Waals surface area contributed by atoms with Crippen LogP contribution in [-0.4, -0.2) is 53.2 Å². The number of carbonyl (C=O) groups excluding carboxylic acids is 1. The van der Waals surface area contributed by atoms with Crippen LogP contribution in [0.3, 0.4) is 0 Å². The van der Waals surface area contributed by atoms with Crippen LogP contribution in [0.15, 0.2) is 10.2 Å². The van der Waals surface area contributed by atoms with E-state index in [1.54, 1.807) is 0 Å². The second-order valence-corrected chi connectivity index (χ2v) is 12.2. The third-order valence-electron chi connectivity index (χ3n) is 9.63. The fourth-order valence-corrected chi connectivity index (χ4v) is 7.01. The van der Waals surface area contributed by atoms with Gasteiger partial charge in [0.05, 0.1) is 18.0 Å². The van der Waals surface area contributed by atoms with E-state index in [-0.39, 0.29) is 28.9 Å². The van der Waals surface area contributed by atoms with E-state index in [2.05, 4.69) is 30.8 Å². The highest BCUT2D eigenvalue weighted by Gasteiger charge is 2.33. The van der Waals surface area contributed by atoms with Crippen molar-refractivity contribution < 1.29 is 14.5 Å². The van der Waals surface area contributed by atoms with Gasteiger partial charge in [0.15, 0.2) is 0 Å². The fraction of sp³-hybridized carbons (Fsp3) is 0.966. The van der Waals surface area contributed by atoms with Gasteiger partial charge in [0.2, 0.25) is 6.04 Å². The first-order valence-electron chi connectivity index (χ1n) is 15.3. The molecule has 3 rings (SSSR count). The van der Waals surface area contributed by atoms with Crippen LogP contribution in [0.2, 0.25) is 0 Å². The fourth-order valence-electron chi connectivity index (χ4n) is 7.01. The first kappa shape index (κ1) is 30.0. The van der Waals surface area contributed by atoms with Crippen LogP contribution in [-0.2, 0) is 9.53 Å². The van der Waals surface area contributed by atoms with E-state index in [9.17, 15) is 14.9 Å². The molecule has 0 saturated heterocycles. The minimum atomic E-state index is -0.400. The second kappa shape index (κ2) is 15.1. The summed E-state index contributed by atoms with van der Waals surface area (Å²) in [5.74, 6) is 1.75. The Balaban J connectivity index is 1.41. The maximum absolute atomic E-state index is 12.9. The van der Waals surface area contributed by atoms with Gasteiger partial charge < -0.3 is 4.74 Å². The van der Waals surface area contributed by atoms with Gasteiger partial charge in [-0.3, -0.25) is 19.8 Å². The Kier molecular flexibility index (Phi) is 12.3. The lowest BCUT2D eigenvalue weighted by atomic mass is 9.75. The third-order valence-corrected chi connectivity index (χ3v) is 9.63. The second-order valence-electron chi connectivity index (χ2n) is 12.2. The van der Waals surface area contributed by atoms with E-state index in [4.69, 9.17) is 9.85 Å². The molecule has 0 heterocycles. The molecule has 3 fully saturated rings. The summed E-state index contributed by atoms with van der Waals surface area (Å²) >= 11 is 0. The summed E-state index contributed by atoms with van der Waals surface area (Å²) in [5, 5.41) is 20.3. The Labute approximate surface area is 224 Å². The lowest BCUT2D eigenvalue weighted by molar-refractivity contribution is -0.526. The minimum Gasteiger partial charge on any atom is -0.449 e. The smallest absolute Gasteiger partial charge is 0.309 e. The molecule has 3 aliphatic carbocycles. The molecule has 0 aliphatic heterocycles. The van der Waals surface area contributed by atoms with Crippen molar-refractivity contribution in [1.82, 2.24) is 4.90 Å². The van der Waals surface area contributed by atoms with E-state index in [0.717, 1.165) is 57.4 Å². The topological polar surface area (TPSA) is 97.4 Å². The summed E-state index contributed by atoms with van der Waals surface area (Å²) in [6.45, 7) is 9.96. The van der Waals surface area contributed by atoms with Gasteiger partial charge in [0, 0.05) is 23.8 Å². The summed E-state index contributed by atoms with van der Waals surface area (Å²) in [5.41, 5.74) is 0. The van der Waals surface area contributed by atoms with E-state index in [1.165, 1.54) is 32.1 Å². The lowest BCUT2D eigenvalue weighted by Gasteiger charge is -2.38. The molecular weight excluding hydrogens is 468 g/mol. The Hall–Kier alpha value is -1.57. The normalized spacial score (nSPS) is 31.3. The van der Waals surface area contributed by atoms with E-state index >= 15 is 0 Å².